The first-order chi connectivity index (χ1) is 11.1. The van der Waals surface area contributed by atoms with E-state index in [-0.39, 0.29) is 41.7 Å². The van der Waals surface area contributed by atoms with E-state index < -0.39 is 11.6 Å². The Labute approximate surface area is 142 Å². The molecule has 1 aliphatic heterocycles. The van der Waals surface area contributed by atoms with Crippen LogP contribution < -0.4 is 16.0 Å². The van der Waals surface area contributed by atoms with Crippen molar-refractivity contribution in [2.75, 3.05) is 6.54 Å². The Morgan fingerprint density at radius 1 is 1.21 bits per heavy atom. The molecule has 4 nitrogen and oxygen atoms in total. The van der Waals surface area contributed by atoms with Crippen LogP contribution >= 0.6 is 0 Å². The van der Waals surface area contributed by atoms with E-state index in [1.54, 1.807) is 0 Å². The summed E-state index contributed by atoms with van der Waals surface area (Å²) in [5.41, 5.74) is 0.161. The van der Waals surface area contributed by atoms with E-state index in [9.17, 15) is 13.6 Å². The first-order valence-electron chi connectivity index (χ1n) is 8.35. The summed E-state index contributed by atoms with van der Waals surface area (Å²) in [5, 5.41) is 9.27. The first-order valence-corrected chi connectivity index (χ1v) is 8.35. The molecule has 0 radical (unpaired) electrons. The molecule has 0 unspecified atom stereocenters. The Morgan fingerprint density at radius 3 is 2.46 bits per heavy atom. The molecule has 1 heterocycles. The van der Waals surface area contributed by atoms with E-state index >= 15 is 0 Å². The number of carbonyl (C=O) groups is 1. The van der Waals surface area contributed by atoms with E-state index in [0.29, 0.717) is 0 Å². The molecule has 0 aliphatic carbocycles. The summed E-state index contributed by atoms with van der Waals surface area (Å²) in [6.07, 6.45) is 1.92. The van der Waals surface area contributed by atoms with Gasteiger partial charge in [0.25, 0.3) is 0 Å². The van der Waals surface area contributed by atoms with Crippen molar-refractivity contribution in [2.45, 2.75) is 64.1 Å². The van der Waals surface area contributed by atoms with Crippen LogP contribution in [0.25, 0.3) is 0 Å². The SMILES string of the molecule is CC1(C)CC(NC(=O)NCCc2cccc(F)c2F)CC(C)(C)N1. The smallest absolute Gasteiger partial charge is 0.315 e. The van der Waals surface area contributed by atoms with Gasteiger partial charge in [0, 0.05) is 23.7 Å². The molecule has 0 spiro atoms. The molecule has 0 saturated carbocycles. The molecule has 134 valence electrons. The van der Waals surface area contributed by atoms with Gasteiger partial charge in [0.05, 0.1) is 0 Å². The number of nitrogens with one attached hydrogen (secondary N) is 3. The minimum absolute atomic E-state index is 0.0512. The number of rotatable bonds is 4. The molecule has 1 aromatic carbocycles. The van der Waals surface area contributed by atoms with Crippen LogP contribution in [-0.2, 0) is 6.42 Å². The molecular formula is C18H27F2N3O. The average Bonchev–Trinajstić information content (AvgIpc) is 2.39. The third-order valence-electron chi connectivity index (χ3n) is 4.24. The maximum atomic E-state index is 13.6. The van der Waals surface area contributed by atoms with Gasteiger partial charge in [0.1, 0.15) is 0 Å². The van der Waals surface area contributed by atoms with Gasteiger partial charge in [-0.3, -0.25) is 0 Å². The lowest BCUT2D eigenvalue weighted by Gasteiger charge is -2.46. The number of urea groups is 1. The Balaban J connectivity index is 1.82. The highest BCUT2D eigenvalue weighted by Gasteiger charge is 2.38. The highest BCUT2D eigenvalue weighted by Crippen LogP contribution is 2.28. The molecule has 24 heavy (non-hydrogen) atoms. The van der Waals surface area contributed by atoms with Crippen molar-refractivity contribution >= 4 is 6.03 Å². The number of halogens is 2. The van der Waals surface area contributed by atoms with E-state index in [1.165, 1.54) is 12.1 Å². The monoisotopic (exact) mass is 339 g/mol. The molecule has 0 bridgehead atoms. The summed E-state index contributed by atoms with van der Waals surface area (Å²) in [6, 6.07) is 3.87. The molecule has 1 fully saturated rings. The van der Waals surface area contributed by atoms with Crippen molar-refractivity contribution in [2.24, 2.45) is 0 Å². The Kier molecular flexibility index (Phi) is 5.48. The van der Waals surface area contributed by atoms with E-state index in [4.69, 9.17) is 0 Å². The highest BCUT2D eigenvalue weighted by atomic mass is 19.2. The molecule has 1 saturated heterocycles. The highest BCUT2D eigenvalue weighted by molar-refractivity contribution is 5.74. The fraction of sp³-hybridized carbons (Fsp3) is 0.611. The Bertz CT molecular complexity index is 586. The van der Waals surface area contributed by atoms with Crippen LogP contribution in [0.5, 0.6) is 0 Å². The van der Waals surface area contributed by atoms with Crippen LogP contribution in [0.1, 0.15) is 46.1 Å². The zero-order chi connectivity index (χ0) is 18.0. The minimum Gasteiger partial charge on any atom is -0.338 e. The summed E-state index contributed by atoms with van der Waals surface area (Å²) in [6.45, 7) is 8.73. The van der Waals surface area contributed by atoms with Crippen molar-refractivity contribution in [3.05, 3.63) is 35.4 Å². The summed E-state index contributed by atoms with van der Waals surface area (Å²) in [7, 11) is 0. The molecular weight excluding hydrogens is 312 g/mol. The molecule has 1 aromatic rings. The fourth-order valence-corrected chi connectivity index (χ4v) is 3.71. The largest absolute Gasteiger partial charge is 0.338 e. The molecule has 3 N–H and O–H groups in total. The molecule has 2 amide bonds. The number of hydrogen-bond acceptors (Lipinski definition) is 2. The third-order valence-corrected chi connectivity index (χ3v) is 4.24. The van der Waals surface area contributed by atoms with Crippen molar-refractivity contribution < 1.29 is 13.6 Å². The van der Waals surface area contributed by atoms with Crippen LogP contribution in [0.4, 0.5) is 13.6 Å². The van der Waals surface area contributed by atoms with Crippen molar-refractivity contribution in [1.82, 2.24) is 16.0 Å². The zero-order valence-corrected chi connectivity index (χ0v) is 14.8. The van der Waals surface area contributed by atoms with Crippen LogP contribution in [0.15, 0.2) is 18.2 Å². The van der Waals surface area contributed by atoms with Gasteiger partial charge in [0.15, 0.2) is 11.6 Å². The van der Waals surface area contributed by atoms with Crippen molar-refractivity contribution in [1.29, 1.82) is 0 Å². The predicted octanol–water partition coefficient (Wildman–Crippen LogP) is 3.12. The van der Waals surface area contributed by atoms with Gasteiger partial charge in [-0.2, -0.15) is 0 Å². The van der Waals surface area contributed by atoms with Gasteiger partial charge in [-0.15, -0.1) is 0 Å². The number of benzene rings is 1. The van der Waals surface area contributed by atoms with Crippen LogP contribution in [0, 0.1) is 11.6 Å². The van der Waals surface area contributed by atoms with Crippen molar-refractivity contribution in [3.63, 3.8) is 0 Å². The summed E-state index contributed by atoms with van der Waals surface area (Å²) in [4.78, 5) is 12.1. The van der Waals surface area contributed by atoms with E-state index in [0.717, 1.165) is 18.9 Å². The van der Waals surface area contributed by atoms with Crippen LogP contribution in [0.2, 0.25) is 0 Å². The topological polar surface area (TPSA) is 53.2 Å². The van der Waals surface area contributed by atoms with E-state index in [1.807, 2.05) is 0 Å². The molecule has 0 aromatic heterocycles. The Morgan fingerprint density at radius 2 is 1.83 bits per heavy atom. The zero-order valence-electron chi connectivity index (χ0n) is 14.8. The second kappa shape index (κ2) is 7.05. The van der Waals surface area contributed by atoms with Gasteiger partial charge < -0.3 is 16.0 Å². The molecule has 2 rings (SSSR count). The quantitative estimate of drug-likeness (QED) is 0.789. The lowest BCUT2D eigenvalue weighted by molar-refractivity contribution is 0.147. The standard InChI is InChI=1S/C18H27F2N3O/c1-17(2)10-13(11-18(3,4)23-17)22-16(24)21-9-8-12-6-5-7-14(19)15(12)20/h5-7,13,23H,8-11H2,1-4H3,(H2,21,22,24). The number of amides is 2. The second-order valence-electron chi connectivity index (χ2n) is 7.86. The van der Waals surface area contributed by atoms with Gasteiger partial charge >= 0.3 is 6.03 Å². The average molecular weight is 339 g/mol. The van der Waals surface area contributed by atoms with Gasteiger partial charge in [0.2, 0.25) is 0 Å². The lowest BCUT2D eigenvalue weighted by atomic mass is 9.80. The van der Waals surface area contributed by atoms with Gasteiger partial charge in [-0.25, -0.2) is 13.6 Å². The first kappa shape index (κ1) is 18.6. The summed E-state index contributed by atoms with van der Waals surface area (Å²) < 4.78 is 26.7. The maximum absolute atomic E-state index is 13.6. The summed E-state index contributed by atoms with van der Waals surface area (Å²) >= 11 is 0. The number of hydrogen-bond donors (Lipinski definition) is 3. The number of piperidine rings is 1. The fourth-order valence-electron chi connectivity index (χ4n) is 3.71. The Hall–Kier alpha value is -1.69. The van der Waals surface area contributed by atoms with Crippen LogP contribution in [-0.4, -0.2) is 29.7 Å². The lowest BCUT2D eigenvalue weighted by Crippen LogP contribution is -2.62. The minimum atomic E-state index is -0.865. The third kappa shape index (κ3) is 5.16. The normalized spacial score (nSPS) is 19.8. The van der Waals surface area contributed by atoms with Gasteiger partial charge in [-0.05, 0) is 58.6 Å². The second-order valence-corrected chi connectivity index (χ2v) is 7.86. The molecule has 1 aliphatic rings. The van der Waals surface area contributed by atoms with Crippen LogP contribution in [0.3, 0.4) is 0 Å². The maximum Gasteiger partial charge on any atom is 0.315 e. The van der Waals surface area contributed by atoms with E-state index in [2.05, 4.69) is 43.6 Å². The van der Waals surface area contributed by atoms with Gasteiger partial charge in [-0.1, -0.05) is 12.1 Å². The predicted molar refractivity (Wildman–Crippen MR) is 90.9 cm³/mol. The number of carbonyl (C=O) groups excluding carboxylic acids is 1. The molecule has 6 heteroatoms. The molecule has 0 atom stereocenters. The van der Waals surface area contributed by atoms with Crippen molar-refractivity contribution in [3.8, 4) is 0 Å². The summed E-state index contributed by atoms with van der Waals surface area (Å²) in [5.74, 6) is -1.71.